The second kappa shape index (κ2) is 8.18. The summed E-state index contributed by atoms with van der Waals surface area (Å²) in [6, 6.07) is 6.37. The lowest BCUT2D eigenvalue weighted by Gasteiger charge is -2.07. The van der Waals surface area contributed by atoms with Crippen LogP contribution in [0.1, 0.15) is 0 Å². The Hall–Kier alpha value is -2.06. The van der Waals surface area contributed by atoms with Gasteiger partial charge in [0.1, 0.15) is 13.2 Å². The molecule has 1 rings (SSSR count). The molecule has 0 aromatic heterocycles. The van der Waals surface area contributed by atoms with Crippen LogP contribution in [0.3, 0.4) is 0 Å². The number of benzene rings is 1. The Labute approximate surface area is 119 Å². The SMILES string of the molecule is CSc1ccc(NC(=O)NC(=O)COCC(=O)O)cc1. The number of carboxylic acid groups (broad SMARTS) is 1. The number of hydrogen-bond acceptors (Lipinski definition) is 5. The molecular weight excluding hydrogens is 284 g/mol. The van der Waals surface area contributed by atoms with Crippen LogP contribution >= 0.6 is 11.8 Å². The van der Waals surface area contributed by atoms with Crippen molar-refractivity contribution in [2.24, 2.45) is 0 Å². The molecule has 0 aliphatic rings. The highest BCUT2D eigenvalue weighted by Crippen LogP contribution is 2.17. The van der Waals surface area contributed by atoms with Crippen LogP contribution < -0.4 is 10.6 Å². The van der Waals surface area contributed by atoms with Crippen molar-refractivity contribution in [2.45, 2.75) is 4.90 Å². The minimum absolute atomic E-state index is 0.495. The first-order valence-corrected chi connectivity index (χ1v) is 6.78. The molecule has 0 aliphatic heterocycles. The average molecular weight is 298 g/mol. The van der Waals surface area contributed by atoms with Crippen LogP contribution in [0.5, 0.6) is 0 Å². The smallest absolute Gasteiger partial charge is 0.329 e. The largest absolute Gasteiger partial charge is 0.480 e. The quantitative estimate of drug-likeness (QED) is 0.681. The zero-order chi connectivity index (χ0) is 15.0. The third-order valence-corrected chi connectivity index (χ3v) is 2.80. The second-order valence-electron chi connectivity index (χ2n) is 3.62. The third-order valence-electron chi connectivity index (χ3n) is 2.06. The van der Waals surface area contributed by atoms with E-state index in [1.807, 2.05) is 23.7 Å². The molecule has 0 radical (unpaired) electrons. The summed E-state index contributed by atoms with van der Waals surface area (Å²) >= 11 is 1.57. The van der Waals surface area contributed by atoms with Gasteiger partial charge in [0.05, 0.1) is 0 Å². The van der Waals surface area contributed by atoms with Crippen LogP contribution in [0.4, 0.5) is 10.5 Å². The van der Waals surface area contributed by atoms with Crippen LogP contribution in [0, 0.1) is 0 Å². The zero-order valence-electron chi connectivity index (χ0n) is 10.7. The Kier molecular flexibility index (Phi) is 6.54. The maximum atomic E-state index is 11.5. The third kappa shape index (κ3) is 6.21. The fraction of sp³-hybridized carbons (Fsp3) is 0.250. The number of urea groups is 1. The van der Waals surface area contributed by atoms with Crippen molar-refractivity contribution in [1.82, 2.24) is 5.32 Å². The number of amides is 3. The van der Waals surface area contributed by atoms with Gasteiger partial charge in [0, 0.05) is 10.6 Å². The molecule has 1 aromatic carbocycles. The van der Waals surface area contributed by atoms with Crippen molar-refractivity contribution in [2.75, 3.05) is 24.8 Å². The summed E-state index contributed by atoms with van der Waals surface area (Å²) in [5, 5.41) is 12.8. The first-order valence-electron chi connectivity index (χ1n) is 5.55. The lowest BCUT2D eigenvalue weighted by molar-refractivity contribution is -0.143. The number of imide groups is 1. The van der Waals surface area contributed by atoms with E-state index in [0.717, 1.165) is 4.90 Å². The number of anilines is 1. The van der Waals surface area contributed by atoms with Gasteiger partial charge in [-0.15, -0.1) is 11.8 Å². The molecule has 0 heterocycles. The van der Waals surface area contributed by atoms with Gasteiger partial charge in [-0.2, -0.15) is 0 Å². The van der Waals surface area contributed by atoms with E-state index in [2.05, 4.69) is 10.1 Å². The van der Waals surface area contributed by atoms with E-state index >= 15 is 0 Å². The molecule has 0 fully saturated rings. The number of rotatable bonds is 6. The molecule has 0 saturated heterocycles. The van der Waals surface area contributed by atoms with Crippen LogP contribution in [0.15, 0.2) is 29.2 Å². The lowest BCUT2D eigenvalue weighted by atomic mass is 10.3. The number of carbonyl (C=O) groups is 3. The molecule has 0 spiro atoms. The Morgan fingerprint density at radius 2 is 1.85 bits per heavy atom. The molecular formula is C12H14N2O5S. The fourth-order valence-electron chi connectivity index (χ4n) is 1.23. The molecule has 0 saturated carbocycles. The predicted molar refractivity (Wildman–Crippen MR) is 73.8 cm³/mol. The summed E-state index contributed by atoms with van der Waals surface area (Å²) in [6.45, 7) is -1.09. The van der Waals surface area contributed by atoms with Crippen molar-refractivity contribution in [1.29, 1.82) is 0 Å². The minimum Gasteiger partial charge on any atom is -0.480 e. The number of ether oxygens (including phenoxy) is 1. The Morgan fingerprint density at radius 1 is 1.20 bits per heavy atom. The summed E-state index contributed by atoms with van der Waals surface area (Å²) in [6.07, 6.45) is 1.94. The average Bonchev–Trinajstić information content (AvgIpc) is 2.38. The standard InChI is InChI=1S/C12H14N2O5S/c1-20-9-4-2-8(3-5-9)13-12(18)14-10(15)6-19-7-11(16)17/h2-5H,6-7H2,1H3,(H,16,17)(H2,13,14,15,18). The van der Waals surface area contributed by atoms with Crippen molar-refractivity contribution in [3.63, 3.8) is 0 Å². The molecule has 7 nitrogen and oxygen atoms in total. The number of carboxylic acids is 1. The van der Waals surface area contributed by atoms with Gasteiger partial charge in [-0.1, -0.05) is 0 Å². The Bertz CT molecular complexity index is 489. The first kappa shape index (κ1) is 16.0. The van der Waals surface area contributed by atoms with Gasteiger partial charge in [-0.25, -0.2) is 9.59 Å². The lowest BCUT2D eigenvalue weighted by Crippen LogP contribution is -2.37. The van der Waals surface area contributed by atoms with Crippen LogP contribution in [-0.2, 0) is 14.3 Å². The molecule has 3 amide bonds. The number of hydrogen-bond donors (Lipinski definition) is 3. The van der Waals surface area contributed by atoms with E-state index in [-0.39, 0.29) is 0 Å². The first-order chi connectivity index (χ1) is 9.51. The van der Waals surface area contributed by atoms with Crippen molar-refractivity contribution in [3.05, 3.63) is 24.3 Å². The van der Waals surface area contributed by atoms with Gasteiger partial charge in [0.15, 0.2) is 0 Å². The Balaban J connectivity index is 2.34. The monoisotopic (exact) mass is 298 g/mol. The highest BCUT2D eigenvalue weighted by Gasteiger charge is 2.09. The maximum absolute atomic E-state index is 11.5. The minimum atomic E-state index is -1.18. The molecule has 8 heteroatoms. The van der Waals surface area contributed by atoms with Crippen LogP contribution in [0.25, 0.3) is 0 Å². The number of thioether (sulfide) groups is 1. The van der Waals surface area contributed by atoms with Gasteiger partial charge in [0.2, 0.25) is 0 Å². The van der Waals surface area contributed by atoms with E-state index in [9.17, 15) is 14.4 Å². The highest BCUT2D eigenvalue weighted by atomic mass is 32.2. The van der Waals surface area contributed by atoms with E-state index in [4.69, 9.17) is 5.11 Å². The van der Waals surface area contributed by atoms with Gasteiger partial charge >= 0.3 is 12.0 Å². The molecule has 20 heavy (non-hydrogen) atoms. The van der Waals surface area contributed by atoms with Gasteiger partial charge in [-0.05, 0) is 30.5 Å². The summed E-state index contributed by atoms with van der Waals surface area (Å²) in [7, 11) is 0. The summed E-state index contributed by atoms with van der Waals surface area (Å²) in [5.74, 6) is -1.90. The van der Waals surface area contributed by atoms with E-state index in [0.29, 0.717) is 5.69 Å². The maximum Gasteiger partial charge on any atom is 0.329 e. The van der Waals surface area contributed by atoms with Gasteiger partial charge in [-0.3, -0.25) is 10.1 Å². The van der Waals surface area contributed by atoms with Crippen LogP contribution in [0.2, 0.25) is 0 Å². The van der Waals surface area contributed by atoms with Crippen molar-refractivity contribution in [3.8, 4) is 0 Å². The molecule has 3 N–H and O–H groups in total. The Morgan fingerprint density at radius 3 is 2.40 bits per heavy atom. The summed E-state index contributed by atoms with van der Waals surface area (Å²) in [4.78, 5) is 33.9. The molecule has 0 bridgehead atoms. The summed E-state index contributed by atoms with van der Waals surface area (Å²) < 4.78 is 4.54. The molecule has 0 aliphatic carbocycles. The predicted octanol–water partition coefficient (Wildman–Crippen LogP) is 1.16. The van der Waals surface area contributed by atoms with Crippen molar-refractivity contribution >= 4 is 35.4 Å². The molecule has 0 atom stereocenters. The topological polar surface area (TPSA) is 105 Å². The van der Waals surface area contributed by atoms with E-state index < -0.39 is 31.1 Å². The van der Waals surface area contributed by atoms with Crippen molar-refractivity contribution < 1.29 is 24.2 Å². The number of carbonyl (C=O) groups excluding carboxylic acids is 2. The molecule has 0 unspecified atom stereocenters. The highest BCUT2D eigenvalue weighted by molar-refractivity contribution is 7.98. The van der Waals surface area contributed by atoms with Gasteiger partial charge < -0.3 is 15.2 Å². The van der Waals surface area contributed by atoms with Gasteiger partial charge in [0.25, 0.3) is 5.91 Å². The molecule has 1 aromatic rings. The zero-order valence-corrected chi connectivity index (χ0v) is 11.5. The normalized spacial score (nSPS) is 9.85. The number of nitrogens with one attached hydrogen (secondary N) is 2. The second-order valence-corrected chi connectivity index (χ2v) is 4.50. The summed E-state index contributed by atoms with van der Waals surface area (Å²) in [5.41, 5.74) is 0.541. The molecule has 108 valence electrons. The van der Waals surface area contributed by atoms with E-state index in [1.54, 1.807) is 23.9 Å². The van der Waals surface area contributed by atoms with E-state index in [1.165, 1.54) is 0 Å². The number of aliphatic carboxylic acids is 1. The fourth-order valence-corrected chi connectivity index (χ4v) is 1.64. The van der Waals surface area contributed by atoms with Crippen LogP contribution in [-0.4, -0.2) is 42.5 Å².